The Bertz CT molecular complexity index is 515. The van der Waals surface area contributed by atoms with Crippen molar-refractivity contribution in [2.45, 2.75) is 12.8 Å². The quantitative estimate of drug-likeness (QED) is 0.425. The van der Waals surface area contributed by atoms with Crippen LogP contribution in [-0.2, 0) is 9.59 Å². The number of carbonyl (C=O) groups excluding carboxylic acids is 1. The highest BCUT2D eigenvalue weighted by Crippen LogP contribution is 2.15. The first-order valence-corrected chi connectivity index (χ1v) is 6.34. The molecule has 0 saturated heterocycles. The maximum absolute atomic E-state index is 11.6. The van der Waals surface area contributed by atoms with Crippen molar-refractivity contribution in [3.63, 3.8) is 0 Å². The summed E-state index contributed by atoms with van der Waals surface area (Å²) in [5.74, 6) is -1.28. The summed E-state index contributed by atoms with van der Waals surface area (Å²) in [6.07, 6.45) is 0.781. The van der Waals surface area contributed by atoms with Gasteiger partial charge in [0.2, 0.25) is 5.91 Å². The van der Waals surface area contributed by atoms with Crippen LogP contribution >= 0.6 is 0 Å². The maximum Gasteiger partial charge on any atom is 0.323 e. The SMILES string of the molecule is CN(CC(=O)O)C(=O)CCCNc1ccc([N+](=O)[O-])cc1. The topological polar surface area (TPSA) is 113 Å². The molecule has 0 radical (unpaired) electrons. The van der Waals surface area contributed by atoms with Gasteiger partial charge in [0.1, 0.15) is 6.54 Å². The summed E-state index contributed by atoms with van der Waals surface area (Å²) in [5.41, 5.74) is 0.748. The van der Waals surface area contributed by atoms with Crippen LogP contribution in [0.2, 0.25) is 0 Å². The number of rotatable bonds is 8. The van der Waals surface area contributed by atoms with E-state index in [4.69, 9.17) is 5.11 Å². The number of benzene rings is 1. The van der Waals surface area contributed by atoms with Gasteiger partial charge in [0.25, 0.3) is 5.69 Å². The highest BCUT2D eigenvalue weighted by molar-refractivity contribution is 5.81. The molecule has 8 heteroatoms. The van der Waals surface area contributed by atoms with Crippen molar-refractivity contribution < 1.29 is 19.6 Å². The van der Waals surface area contributed by atoms with Crippen molar-refractivity contribution in [3.8, 4) is 0 Å². The second-order valence-electron chi connectivity index (χ2n) is 4.48. The van der Waals surface area contributed by atoms with Crippen LogP contribution in [0.1, 0.15) is 12.8 Å². The predicted octanol–water partition coefficient (Wildman–Crippen LogP) is 1.33. The number of non-ortho nitro benzene ring substituents is 1. The zero-order valence-corrected chi connectivity index (χ0v) is 11.6. The van der Waals surface area contributed by atoms with Crippen LogP contribution in [0, 0.1) is 10.1 Å². The van der Waals surface area contributed by atoms with Crippen LogP contribution in [0.25, 0.3) is 0 Å². The van der Waals surface area contributed by atoms with E-state index in [1.165, 1.54) is 19.2 Å². The zero-order valence-electron chi connectivity index (χ0n) is 11.6. The first kappa shape index (κ1) is 16.4. The van der Waals surface area contributed by atoms with Gasteiger partial charge in [-0.25, -0.2) is 0 Å². The molecule has 0 atom stereocenters. The van der Waals surface area contributed by atoms with Gasteiger partial charge in [0, 0.05) is 37.8 Å². The van der Waals surface area contributed by atoms with E-state index in [2.05, 4.69) is 5.32 Å². The van der Waals surface area contributed by atoms with Crippen LogP contribution < -0.4 is 5.32 Å². The standard InChI is InChI=1S/C13H17N3O5/c1-15(9-13(18)19)12(17)3-2-8-14-10-4-6-11(7-5-10)16(20)21/h4-7,14H,2-3,8-9H2,1H3,(H,18,19). The van der Waals surface area contributed by atoms with E-state index < -0.39 is 10.9 Å². The average Bonchev–Trinajstić information content (AvgIpc) is 2.43. The molecule has 1 rings (SSSR count). The first-order valence-electron chi connectivity index (χ1n) is 6.34. The highest BCUT2D eigenvalue weighted by Gasteiger charge is 2.11. The fraction of sp³-hybridized carbons (Fsp3) is 0.385. The Kier molecular flexibility index (Phi) is 6.12. The smallest absolute Gasteiger partial charge is 0.323 e. The van der Waals surface area contributed by atoms with Crippen LogP contribution in [0.5, 0.6) is 0 Å². The predicted molar refractivity (Wildman–Crippen MR) is 76.1 cm³/mol. The molecule has 1 amide bonds. The zero-order chi connectivity index (χ0) is 15.8. The van der Waals surface area contributed by atoms with Crippen molar-refractivity contribution in [3.05, 3.63) is 34.4 Å². The number of nitro groups is 1. The van der Waals surface area contributed by atoms with E-state index in [9.17, 15) is 19.7 Å². The lowest BCUT2D eigenvalue weighted by Gasteiger charge is -2.14. The minimum atomic E-state index is -1.05. The van der Waals surface area contributed by atoms with E-state index in [0.29, 0.717) is 13.0 Å². The van der Waals surface area contributed by atoms with Gasteiger partial charge in [-0.05, 0) is 18.6 Å². The van der Waals surface area contributed by atoms with Crippen molar-refractivity contribution in [1.82, 2.24) is 4.90 Å². The molecule has 0 saturated carbocycles. The number of carboxylic acid groups (broad SMARTS) is 1. The van der Waals surface area contributed by atoms with Crippen molar-refractivity contribution >= 4 is 23.3 Å². The van der Waals surface area contributed by atoms with Crippen molar-refractivity contribution in [2.75, 3.05) is 25.5 Å². The summed E-state index contributed by atoms with van der Waals surface area (Å²) < 4.78 is 0. The minimum Gasteiger partial charge on any atom is -0.480 e. The second kappa shape index (κ2) is 7.83. The number of hydrogen-bond donors (Lipinski definition) is 2. The molecule has 0 aliphatic heterocycles. The summed E-state index contributed by atoms with van der Waals surface area (Å²) >= 11 is 0. The fourth-order valence-electron chi connectivity index (χ4n) is 1.66. The lowest BCUT2D eigenvalue weighted by molar-refractivity contribution is -0.384. The number of hydrogen-bond acceptors (Lipinski definition) is 5. The lowest BCUT2D eigenvalue weighted by Crippen LogP contribution is -2.32. The van der Waals surface area contributed by atoms with E-state index in [1.54, 1.807) is 12.1 Å². The Morgan fingerprint density at radius 1 is 1.33 bits per heavy atom. The Balaban J connectivity index is 2.29. The number of carboxylic acids is 1. The number of nitrogens with zero attached hydrogens (tertiary/aromatic N) is 2. The molecule has 114 valence electrons. The number of anilines is 1. The Morgan fingerprint density at radius 3 is 2.48 bits per heavy atom. The molecule has 8 nitrogen and oxygen atoms in total. The molecule has 0 bridgehead atoms. The van der Waals surface area contributed by atoms with Gasteiger partial charge in [0.15, 0.2) is 0 Å². The molecule has 1 aromatic carbocycles. The molecule has 0 aliphatic rings. The Labute approximate surface area is 121 Å². The molecule has 0 spiro atoms. The number of amides is 1. The summed E-state index contributed by atoms with van der Waals surface area (Å²) in [6.45, 7) is 0.207. The molecule has 21 heavy (non-hydrogen) atoms. The van der Waals surface area contributed by atoms with Gasteiger partial charge >= 0.3 is 5.97 Å². The minimum absolute atomic E-state index is 0.0195. The van der Waals surface area contributed by atoms with Gasteiger partial charge in [-0.15, -0.1) is 0 Å². The van der Waals surface area contributed by atoms with E-state index in [1.807, 2.05) is 0 Å². The summed E-state index contributed by atoms with van der Waals surface area (Å²) in [5, 5.41) is 22.1. The van der Waals surface area contributed by atoms with Crippen LogP contribution in [0.3, 0.4) is 0 Å². The summed E-state index contributed by atoms with van der Waals surface area (Å²) in [7, 11) is 1.44. The van der Waals surface area contributed by atoms with E-state index in [-0.39, 0.29) is 24.6 Å². The first-order chi connectivity index (χ1) is 9.90. The molecular formula is C13H17N3O5. The van der Waals surface area contributed by atoms with Gasteiger partial charge in [-0.2, -0.15) is 0 Å². The molecule has 2 N–H and O–H groups in total. The largest absolute Gasteiger partial charge is 0.480 e. The Hall–Kier alpha value is -2.64. The van der Waals surface area contributed by atoms with Crippen molar-refractivity contribution in [2.24, 2.45) is 0 Å². The van der Waals surface area contributed by atoms with Crippen LogP contribution in [0.4, 0.5) is 11.4 Å². The van der Waals surface area contributed by atoms with Gasteiger partial charge in [-0.3, -0.25) is 19.7 Å². The monoisotopic (exact) mass is 295 g/mol. The van der Waals surface area contributed by atoms with Crippen molar-refractivity contribution in [1.29, 1.82) is 0 Å². The molecule has 0 aliphatic carbocycles. The van der Waals surface area contributed by atoms with Gasteiger partial charge < -0.3 is 15.3 Å². The average molecular weight is 295 g/mol. The third kappa shape index (κ3) is 5.89. The summed E-state index contributed by atoms with van der Waals surface area (Å²) in [6, 6.07) is 5.98. The van der Waals surface area contributed by atoms with Crippen LogP contribution in [0.15, 0.2) is 24.3 Å². The molecule has 0 unspecified atom stereocenters. The molecule has 1 aromatic rings. The number of aliphatic carboxylic acids is 1. The van der Waals surface area contributed by atoms with Crippen LogP contribution in [-0.4, -0.2) is 46.9 Å². The third-order valence-electron chi connectivity index (χ3n) is 2.77. The molecule has 0 fully saturated rings. The Morgan fingerprint density at radius 2 is 1.95 bits per heavy atom. The summed E-state index contributed by atoms with van der Waals surface area (Å²) in [4.78, 5) is 33.2. The van der Waals surface area contributed by atoms with Gasteiger partial charge in [-0.1, -0.05) is 0 Å². The van der Waals surface area contributed by atoms with E-state index >= 15 is 0 Å². The number of nitro benzene ring substituents is 1. The number of likely N-dealkylation sites (N-methyl/N-ethyl adjacent to an activating group) is 1. The van der Waals surface area contributed by atoms with Gasteiger partial charge in [0.05, 0.1) is 4.92 Å². The normalized spacial score (nSPS) is 9.95. The van der Waals surface area contributed by atoms with E-state index in [0.717, 1.165) is 10.6 Å². The highest BCUT2D eigenvalue weighted by atomic mass is 16.6. The lowest BCUT2D eigenvalue weighted by atomic mass is 10.2. The number of nitrogens with one attached hydrogen (secondary N) is 1. The second-order valence-corrected chi connectivity index (χ2v) is 4.48. The maximum atomic E-state index is 11.6. The number of carbonyl (C=O) groups is 2. The third-order valence-corrected chi connectivity index (χ3v) is 2.77. The fourth-order valence-corrected chi connectivity index (χ4v) is 1.66. The molecule has 0 heterocycles. The molecular weight excluding hydrogens is 278 g/mol. The molecule has 0 aromatic heterocycles.